The second-order valence-electron chi connectivity index (χ2n) is 5.60. The molecule has 0 aliphatic carbocycles. The third kappa shape index (κ3) is 3.19. The third-order valence-electron chi connectivity index (χ3n) is 4.14. The van der Waals surface area contributed by atoms with E-state index in [4.69, 9.17) is 4.74 Å². The molecule has 1 aliphatic rings. The summed E-state index contributed by atoms with van der Waals surface area (Å²) in [5.74, 6) is -0.111. The number of nitrogens with zero attached hydrogens (tertiary/aromatic N) is 1. The van der Waals surface area contributed by atoms with E-state index < -0.39 is 6.10 Å². The maximum absolute atomic E-state index is 13.4. The summed E-state index contributed by atoms with van der Waals surface area (Å²) in [7, 11) is 1.53. The first-order valence-corrected chi connectivity index (χ1v) is 7.46. The number of hydrogen-bond donors (Lipinski definition) is 1. The summed E-state index contributed by atoms with van der Waals surface area (Å²) in [5, 5.41) is 10.3. The predicted molar refractivity (Wildman–Crippen MR) is 83.5 cm³/mol. The largest absolute Gasteiger partial charge is 0.497 e. The molecule has 0 saturated carbocycles. The minimum absolute atomic E-state index is 0.312. The fraction of sp³-hybridized carbons (Fsp3) is 0.278. The Balaban J connectivity index is 1.78. The van der Waals surface area contributed by atoms with Crippen molar-refractivity contribution in [1.82, 2.24) is 4.90 Å². The molecule has 2 aromatic carbocycles. The number of aliphatic hydroxyl groups excluding tert-OH is 1. The molecule has 4 nitrogen and oxygen atoms in total. The molecule has 120 valence electrons. The van der Waals surface area contributed by atoms with Crippen molar-refractivity contribution in [1.29, 1.82) is 0 Å². The van der Waals surface area contributed by atoms with Gasteiger partial charge in [-0.15, -0.1) is 0 Å². The van der Waals surface area contributed by atoms with Crippen LogP contribution in [0.4, 0.5) is 4.39 Å². The molecule has 0 radical (unpaired) electrons. The van der Waals surface area contributed by atoms with Crippen LogP contribution in [0.5, 0.6) is 5.75 Å². The second kappa shape index (κ2) is 6.38. The monoisotopic (exact) mass is 315 g/mol. The molecule has 1 amide bonds. The summed E-state index contributed by atoms with van der Waals surface area (Å²) in [6, 6.07) is 11.4. The molecule has 2 aromatic rings. The van der Waals surface area contributed by atoms with E-state index in [9.17, 15) is 14.3 Å². The normalized spacial score (nSPS) is 15.0. The molecule has 0 spiro atoms. The van der Waals surface area contributed by atoms with Crippen LogP contribution in [-0.2, 0) is 17.8 Å². The number of amides is 1. The standard InChI is InChI=1S/C18H18FNO3/c1-23-16-4-2-3-13(10-16)17(21)18(22)20-8-7-12-5-6-15(19)9-14(12)11-20/h2-6,9-10,17,21H,7-8,11H2,1H3/t17-/m0/s1. The first kappa shape index (κ1) is 15.5. The zero-order valence-electron chi connectivity index (χ0n) is 12.8. The van der Waals surface area contributed by atoms with Crippen LogP contribution in [0.3, 0.4) is 0 Å². The Kier molecular flexibility index (Phi) is 4.30. The molecule has 1 heterocycles. The van der Waals surface area contributed by atoms with Gasteiger partial charge >= 0.3 is 0 Å². The lowest BCUT2D eigenvalue weighted by Gasteiger charge is -2.30. The molecular formula is C18H18FNO3. The molecule has 0 saturated heterocycles. The molecule has 0 fully saturated rings. The minimum Gasteiger partial charge on any atom is -0.497 e. The number of aliphatic hydroxyl groups is 1. The number of ether oxygens (including phenoxy) is 1. The van der Waals surface area contributed by atoms with Crippen molar-refractivity contribution >= 4 is 5.91 Å². The Labute approximate surface area is 134 Å². The van der Waals surface area contributed by atoms with Crippen LogP contribution in [0.1, 0.15) is 22.8 Å². The van der Waals surface area contributed by atoms with E-state index in [0.29, 0.717) is 30.8 Å². The van der Waals surface area contributed by atoms with E-state index in [1.54, 1.807) is 35.2 Å². The number of benzene rings is 2. The molecule has 3 rings (SSSR count). The Morgan fingerprint density at radius 2 is 2.09 bits per heavy atom. The maximum Gasteiger partial charge on any atom is 0.256 e. The van der Waals surface area contributed by atoms with Crippen LogP contribution < -0.4 is 4.74 Å². The number of carbonyl (C=O) groups is 1. The molecule has 1 aliphatic heterocycles. The quantitative estimate of drug-likeness (QED) is 0.946. The first-order valence-electron chi connectivity index (χ1n) is 7.46. The average Bonchev–Trinajstić information content (AvgIpc) is 2.59. The molecule has 0 bridgehead atoms. The molecule has 23 heavy (non-hydrogen) atoms. The molecule has 1 N–H and O–H groups in total. The first-order chi connectivity index (χ1) is 11.1. The van der Waals surface area contributed by atoms with Crippen molar-refractivity contribution < 1.29 is 19.0 Å². The fourth-order valence-electron chi connectivity index (χ4n) is 2.84. The van der Waals surface area contributed by atoms with Gasteiger partial charge < -0.3 is 14.7 Å². The van der Waals surface area contributed by atoms with Crippen molar-refractivity contribution in [3.8, 4) is 5.75 Å². The lowest BCUT2D eigenvalue weighted by molar-refractivity contribution is -0.141. The van der Waals surface area contributed by atoms with Crippen LogP contribution in [0.2, 0.25) is 0 Å². The zero-order valence-corrected chi connectivity index (χ0v) is 12.8. The highest BCUT2D eigenvalue weighted by Gasteiger charge is 2.27. The van der Waals surface area contributed by atoms with Gasteiger partial charge in [0.1, 0.15) is 11.6 Å². The van der Waals surface area contributed by atoms with Gasteiger partial charge in [-0.1, -0.05) is 18.2 Å². The molecule has 1 atom stereocenters. The van der Waals surface area contributed by atoms with E-state index in [1.807, 2.05) is 0 Å². The number of carbonyl (C=O) groups excluding carboxylic acids is 1. The number of halogens is 1. The Bertz CT molecular complexity index is 732. The van der Waals surface area contributed by atoms with Gasteiger partial charge in [0, 0.05) is 13.1 Å². The fourth-order valence-corrected chi connectivity index (χ4v) is 2.84. The van der Waals surface area contributed by atoms with Crippen LogP contribution in [0, 0.1) is 5.82 Å². The van der Waals surface area contributed by atoms with Crippen molar-refractivity contribution in [2.45, 2.75) is 19.1 Å². The minimum atomic E-state index is -1.25. The smallest absolute Gasteiger partial charge is 0.256 e. The summed E-state index contributed by atoms with van der Waals surface area (Å²) in [5.41, 5.74) is 2.33. The molecule has 0 aromatic heterocycles. The highest BCUT2D eigenvalue weighted by atomic mass is 19.1. The maximum atomic E-state index is 13.4. The number of hydrogen-bond acceptors (Lipinski definition) is 3. The number of rotatable bonds is 3. The van der Waals surface area contributed by atoms with Crippen molar-refractivity contribution in [3.63, 3.8) is 0 Å². The summed E-state index contributed by atoms with van der Waals surface area (Å²) >= 11 is 0. The van der Waals surface area contributed by atoms with Crippen LogP contribution in [0.15, 0.2) is 42.5 Å². The van der Waals surface area contributed by atoms with E-state index in [-0.39, 0.29) is 11.7 Å². The van der Waals surface area contributed by atoms with Crippen molar-refractivity contribution in [3.05, 3.63) is 65.0 Å². The zero-order chi connectivity index (χ0) is 16.4. The van der Waals surface area contributed by atoms with Gasteiger partial charge in [0.15, 0.2) is 6.10 Å². The Morgan fingerprint density at radius 1 is 1.26 bits per heavy atom. The summed E-state index contributed by atoms with van der Waals surface area (Å²) in [6.45, 7) is 0.825. The molecule has 5 heteroatoms. The molecule has 0 unspecified atom stereocenters. The van der Waals surface area contributed by atoms with Crippen LogP contribution in [0.25, 0.3) is 0 Å². The van der Waals surface area contributed by atoms with Crippen LogP contribution >= 0.6 is 0 Å². The lowest BCUT2D eigenvalue weighted by atomic mass is 9.98. The van der Waals surface area contributed by atoms with E-state index in [0.717, 1.165) is 11.1 Å². The highest BCUT2D eigenvalue weighted by molar-refractivity contribution is 5.82. The Hall–Kier alpha value is -2.40. The summed E-state index contributed by atoms with van der Waals surface area (Å²) < 4.78 is 18.5. The highest BCUT2D eigenvalue weighted by Crippen LogP contribution is 2.25. The van der Waals surface area contributed by atoms with Gasteiger partial charge in [0.05, 0.1) is 7.11 Å². The summed E-state index contributed by atoms with van der Waals surface area (Å²) in [6.07, 6.45) is -0.591. The van der Waals surface area contributed by atoms with E-state index >= 15 is 0 Å². The molecular weight excluding hydrogens is 297 g/mol. The van der Waals surface area contributed by atoms with E-state index in [1.165, 1.54) is 19.2 Å². The van der Waals surface area contributed by atoms with Gasteiger partial charge in [-0.05, 0) is 47.4 Å². The number of fused-ring (bicyclic) bond motifs is 1. The van der Waals surface area contributed by atoms with Crippen molar-refractivity contribution in [2.75, 3.05) is 13.7 Å². The third-order valence-corrected chi connectivity index (χ3v) is 4.14. The average molecular weight is 315 g/mol. The van der Waals surface area contributed by atoms with Gasteiger partial charge in [-0.25, -0.2) is 4.39 Å². The predicted octanol–water partition coefficient (Wildman–Crippen LogP) is 2.45. The van der Waals surface area contributed by atoms with Gasteiger partial charge in [-0.3, -0.25) is 4.79 Å². The van der Waals surface area contributed by atoms with Crippen molar-refractivity contribution in [2.24, 2.45) is 0 Å². The SMILES string of the molecule is COc1cccc([C@H](O)C(=O)N2CCc3ccc(F)cc3C2)c1. The van der Waals surface area contributed by atoms with Gasteiger partial charge in [0.25, 0.3) is 5.91 Å². The van der Waals surface area contributed by atoms with Gasteiger partial charge in [0.2, 0.25) is 0 Å². The Morgan fingerprint density at radius 3 is 2.87 bits per heavy atom. The topological polar surface area (TPSA) is 49.8 Å². The lowest BCUT2D eigenvalue weighted by Crippen LogP contribution is -2.39. The summed E-state index contributed by atoms with van der Waals surface area (Å²) in [4.78, 5) is 14.1. The van der Waals surface area contributed by atoms with E-state index in [2.05, 4.69) is 0 Å². The van der Waals surface area contributed by atoms with Gasteiger partial charge in [-0.2, -0.15) is 0 Å². The van der Waals surface area contributed by atoms with Crippen LogP contribution in [-0.4, -0.2) is 29.6 Å². The second-order valence-corrected chi connectivity index (χ2v) is 5.60. The number of methoxy groups -OCH3 is 1.